The largest absolute Gasteiger partial charge is 0.486 e. The van der Waals surface area contributed by atoms with E-state index in [4.69, 9.17) is 9.47 Å². The van der Waals surface area contributed by atoms with E-state index in [-0.39, 0.29) is 11.9 Å². The molecule has 2 heterocycles. The summed E-state index contributed by atoms with van der Waals surface area (Å²) in [6.07, 6.45) is 0. The second kappa shape index (κ2) is 5.93. The molecule has 0 aromatic heterocycles. The molecule has 1 fully saturated rings. The van der Waals surface area contributed by atoms with Gasteiger partial charge in [0.1, 0.15) is 13.2 Å². The number of rotatable bonds is 3. The molecule has 1 aromatic carbocycles. The molecule has 1 aromatic rings. The summed E-state index contributed by atoms with van der Waals surface area (Å²) in [7, 11) is 0. The molecule has 108 valence electrons. The Bertz CT molecular complexity index is 515. The third-order valence-electron chi connectivity index (χ3n) is 3.49. The summed E-state index contributed by atoms with van der Waals surface area (Å²) in [6.45, 7) is 3.70. The van der Waals surface area contributed by atoms with Crippen molar-refractivity contribution in [1.82, 2.24) is 10.6 Å². The zero-order valence-electron chi connectivity index (χ0n) is 11.4. The Morgan fingerprint density at radius 2 is 2.15 bits per heavy atom. The summed E-state index contributed by atoms with van der Waals surface area (Å²) < 4.78 is 11.1. The van der Waals surface area contributed by atoms with Crippen LogP contribution in [0.3, 0.4) is 0 Å². The number of hydrogen-bond acceptors (Lipinski definition) is 5. The van der Waals surface area contributed by atoms with Crippen molar-refractivity contribution in [2.75, 3.05) is 24.8 Å². The lowest BCUT2D eigenvalue weighted by atomic mass is 10.1. The molecule has 2 aliphatic rings. The maximum absolute atomic E-state index is 12.0. The highest BCUT2D eigenvalue weighted by atomic mass is 32.2. The predicted octanol–water partition coefficient (Wildman–Crippen LogP) is 1.04. The molecule has 0 spiro atoms. The number of thioether (sulfide) groups is 1. The van der Waals surface area contributed by atoms with Crippen LogP contribution in [0, 0.1) is 6.92 Å². The molecule has 1 amide bonds. The summed E-state index contributed by atoms with van der Waals surface area (Å²) in [5.41, 5.74) is 2.16. The van der Waals surface area contributed by atoms with Crippen molar-refractivity contribution in [1.29, 1.82) is 0 Å². The first-order valence-electron chi connectivity index (χ1n) is 6.72. The van der Waals surface area contributed by atoms with Gasteiger partial charge in [-0.25, -0.2) is 0 Å². The lowest BCUT2D eigenvalue weighted by Gasteiger charge is -2.20. The fraction of sp³-hybridized carbons (Fsp3) is 0.500. The number of benzene rings is 1. The summed E-state index contributed by atoms with van der Waals surface area (Å²) >= 11 is 1.75. The van der Waals surface area contributed by atoms with E-state index < -0.39 is 0 Å². The van der Waals surface area contributed by atoms with Crippen molar-refractivity contribution < 1.29 is 14.3 Å². The van der Waals surface area contributed by atoms with Gasteiger partial charge >= 0.3 is 0 Å². The Kier molecular flexibility index (Phi) is 4.03. The Morgan fingerprint density at radius 3 is 2.85 bits per heavy atom. The van der Waals surface area contributed by atoms with Crippen LogP contribution in [0.4, 0.5) is 0 Å². The number of nitrogens with one attached hydrogen (secondary N) is 2. The molecule has 0 aliphatic carbocycles. The van der Waals surface area contributed by atoms with Crippen LogP contribution in [0.1, 0.15) is 11.1 Å². The maximum Gasteiger partial charge on any atom is 0.238 e. The number of carbonyl (C=O) groups excluding carboxylic acids is 1. The van der Waals surface area contributed by atoms with Gasteiger partial charge in [-0.3, -0.25) is 10.1 Å². The summed E-state index contributed by atoms with van der Waals surface area (Å²) in [4.78, 5) is 12.0. The molecule has 6 heteroatoms. The molecule has 5 nitrogen and oxygen atoms in total. The number of hydrogen-bond donors (Lipinski definition) is 2. The third-order valence-corrected chi connectivity index (χ3v) is 4.43. The van der Waals surface area contributed by atoms with Crippen LogP contribution in [0.2, 0.25) is 0 Å². The van der Waals surface area contributed by atoms with Gasteiger partial charge in [-0.2, -0.15) is 0 Å². The van der Waals surface area contributed by atoms with Crippen LogP contribution in [0.15, 0.2) is 12.1 Å². The summed E-state index contributed by atoms with van der Waals surface area (Å²) in [6, 6.07) is 3.86. The quantitative estimate of drug-likeness (QED) is 0.872. The monoisotopic (exact) mass is 294 g/mol. The Morgan fingerprint density at radius 1 is 1.40 bits per heavy atom. The highest BCUT2D eigenvalue weighted by molar-refractivity contribution is 7.99. The first-order chi connectivity index (χ1) is 9.74. The van der Waals surface area contributed by atoms with E-state index in [0.29, 0.717) is 19.8 Å². The second-order valence-electron chi connectivity index (χ2n) is 4.91. The first kappa shape index (κ1) is 13.6. The topological polar surface area (TPSA) is 59.6 Å². The van der Waals surface area contributed by atoms with Crippen LogP contribution in [0.5, 0.6) is 11.5 Å². The molecular weight excluding hydrogens is 276 g/mol. The number of fused-ring (bicyclic) bond motifs is 1. The Labute approximate surface area is 122 Å². The minimum absolute atomic E-state index is 0.0595. The van der Waals surface area contributed by atoms with E-state index >= 15 is 0 Å². The smallest absolute Gasteiger partial charge is 0.238 e. The second-order valence-corrected chi connectivity index (χ2v) is 5.94. The van der Waals surface area contributed by atoms with Crippen molar-refractivity contribution in [3.05, 3.63) is 23.3 Å². The van der Waals surface area contributed by atoms with Gasteiger partial charge in [0.2, 0.25) is 5.91 Å². The normalized spacial score (nSPS) is 20.8. The van der Waals surface area contributed by atoms with Gasteiger partial charge in [-0.05, 0) is 30.2 Å². The van der Waals surface area contributed by atoms with Crippen molar-refractivity contribution in [2.24, 2.45) is 0 Å². The number of carbonyl (C=O) groups is 1. The number of amides is 1. The Balaban J connectivity index is 1.66. The number of ether oxygens (including phenoxy) is 2. The van der Waals surface area contributed by atoms with Crippen molar-refractivity contribution in [3.8, 4) is 11.5 Å². The van der Waals surface area contributed by atoms with E-state index in [9.17, 15) is 4.79 Å². The van der Waals surface area contributed by atoms with E-state index in [1.807, 2.05) is 19.1 Å². The fourth-order valence-corrected chi connectivity index (χ4v) is 3.23. The van der Waals surface area contributed by atoms with Crippen molar-refractivity contribution >= 4 is 17.7 Å². The molecular formula is C14H18N2O3S. The fourth-order valence-electron chi connectivity index (χ4n) is 2.29. The highest BCUT2D eigenvalue weighted by Crippen LogP contribution is 2.32. The minimum atomic E-state index is -0.0717. The zero-order valence-corrected chi connectivity index (χ0v) is 12.2. The van der Waals surface area contributed by atoms with Crippen molar-refractivity contribution in [2.45, 2.75) is 19.5 Å². The van der Waals surface area contributed by atoms with Crippen LogP contribution in [-0.2, 0) is 11.3 Å². The maximum atomic E-state index is 12.0. The molecule has 0 radical (unpaired) electrons. The van der Waals surface area contributed by atoms with Gasteiger partial charge in [-0.1, -0.05) is 0 Å². The van der Waals surface area contributed by atoms with Gasteiger partial charge in [0, 0.05) is 18.2 Å². The van der Waals surface area contributed by atoms with Gasteiger partial charge in [0.25, 0.3) is 0 Å². The van der Waals surface area contributed by atoms with Crippen LogP contribution in [0.25, 0.3) is 0 Å². The molecule has 1 atom stereocenters. The van der Waals surface area contributed by atoms with Crippen LogP contribution >= 0.6 is 11.8 Å². The van der Waals surface area contributed by atoms with Gasteiger partial charge in [0.05, 0.1) is 6.04 Å². The Hall–Kier alpha value is -1.40. The number of aryl methyl sites for hydroxylation is 1. The lowest BCUT2D eigenvalue weighted by Crippen LogP contribution is -2.41. The standard InChI is InChI=1S/C14H18N2O3S/c1-9-4-12-13(19-3-2-18-12)5-10(9)6-15-14(17)11-7-20-8-16-11/h4-5,11,16H,2-3,6-8H2,1H3,(H,15,17). The molecule has 0 bridgehead atoms. The van der Waals surface area contributed by atoms with E-state index in [1.165, 1.54) is 0 Å². The van der Waals surface area contributed by atoms with E-state index in [1.54, 1.807) is 11.8 Å². The van der Waals surface area contributed by atoms with Gasteiger partial charge in [-0.15, -0.1) is 11.8 Å². The van der Waals surface area contributed by atoms with Gasteiger partial charge < -0.3 is 14.8 Å². The van der Waals surface area contributed by atoms with Crippen molar-refractivity contribution in [3.63, 3.8) is 0 Å². The molecule has 3 rings (SSSR count). The molecule has 1 unspecified atom stereocenters. The average molecular weight is 294 g/mol. The van der Waals surface area contributed by atoms with E-state index in [2.05, 4.69) is 10.6 Å². The molecule has 0 saturated carbocycles. The summed E-state index contributed by atoms with van der Waals surface area (Å²) in [5, 5.41) is 6.14. The SMILES string of the molecule is Cc1cc2c(cc1CNC(=O)C1CSCN1)OCCO2. The van der Waals surface area contributed by atoms with Gasteiger partial charge in [0.15, 0.2) is 11.5 Å². The first-order valence-corrected chi connectivity index (χ1v) is 7.87. The lowest BCUT2D eigenvalue weighted by molar-refractivity contribution is -0.122. The highest BCUT2D eigenvalue weighted by Gasteiger charge is 2.22. The molecule has 20 heavy (non-hydrogen) atoms. The molecule has 2 aliphatic heterocycles. The third kappa shape index (κ3) is 2.86. The summed E-state index contributed by atoms with van der Waals surface area (Å²) in [5.74, 6) is 3.30. The average Bonchev–Trinajstić information content (AvgIpc) is 2.99. The van der Waals surface area contributed by atoms with E-state index in [0.717, 1.165) is 34.3 Å². The minimum Gasteiger partial charge on any atom is -0.486 e. The zero-order chi connectivity index (χ0) is 13.9. The predicted molar refractivity (Wildman–Crippen MR) is 78.3 cm³/mol. The van der Waals surface area contributed by atoms with Crippen LogP contribution < -0.4 is 20.1 Å². The molecule has 1 saturated heterocycles. The molecule has 2 N–H and O–H groups in total. The van der Waals surface area contributed by atoms with Crippen LogP contribution in [-0.4, -0.2) is 36.8 Å².